The molecular formula is C27H57O4P. The quantitative estimate of drug-likeness (QED) is 0.0946. The molecule has 1 atom stereocenters. The normalized spacial score (nSPS) is 13.5. The summed E-state index contributed by atoms with van der Waals surface area (Å²) in [5, 5.41) is 0. The second-order valence-electron chi connectivity index (χ2n) is 9.56. The zero-order valence-electron chi connectivity index (χ0n) is 21.8. The van der Waals surface area contributed by atoms with Crippen LogP contribution >= 0.6 is 7.82 Å². The van der Waals surface area contributed by atoms with Crippen molar-refractivity contribution in [2.75, 3.05) is 13.2 Å². The molecule has 0 rings (SSSR count). The van der Waals surface area contributed by atoms with E-state index in [4.69, 9.17) is 9.05 Å². The van der Waals surface area contributed by atoms with Crippen molar-refractivity contribution in [2.24, 2.45) is 0 Å². The van der Waals surface area contributed by atoms with E-state index in [1.54, 1.807) is 0 Å². The number of hydrogen-bond acceptors (Lipinski definition) is 3. The highest BCUT2D eigenvalue weighted by molar-refractivity contribution is 7.47. The van der Waals surface area contributed by atoms with E-state index in [0.29, 0.717) is 13.2 Å². The summed E-state index contributed by atoms with van der Waals surface area (Å²) in [6.07, 6.45) is 29.1. The molecule has 0 amide bonds. The summed E-state index contributed by atoms with van der Waals surface area (Å²) in [5.41, 5.74) is 0. The van der Waals surface area contributed by atoms with Gasteiger partial charge in [-0.2, -0.15) is 0 Å². The van der Waals surface area contributed by atoms with Crippen LogP contribution in [0.3, 0.4) is 0 Å². The lowest BCUT2D eigenvalue weighted by atomic mass is 10.1. The zero-order valence-corrected chi connectivity index (χ0v) is 22.7. The zero-order chi connectivity index (χ0) is 23.6. The molecule has 0 aliphatic rings. The Morgan fingerprint density at radius 3 is 0.906 bits per heavy atom. The van der Waals surface area contributed by atoms with Gasteiger partial charge in [0.15, 0.2) is 0 Å². The molecule has 0 aromatic heterocycles. The van der Waals surface area contributed by atoms with Crippen molar-refractivity contribution in [1.29, 1.82) is 0 Å². The fourth-order valence-corrected chi connectivity index (χ4v) is 4.90. The van der Waals surface area contributed by atoms with E-state index in [0.717, 1.165) is 25.7 Å². The van der Waals surface area contributed by atoms with Gasteiger partial charge >= 0.3 is 7.82 Å². The Morgan fingerprint density at radius 1 is 0.438 bits per heavy atom. The minimum atomic E-state index is -3.85. The van der Waals surface area contributed by atoms with Crippen molar-refractivity contribution in [3.8, 4) is 0 Å². The molecule has 1 N–H and O–H groups in total. The molecule has 0 aliphatic heterocycles. The summed E-state index contributed by atoms with van der Waals surface area (Å²) in [4.78, 5) is 9.76. The van der Waals surface area contributed by atoms with Crippen molar-refractivity contribution in [1.82, 2.24) is 0 Å². The summed E-state index contributed by atoms with van der Waals surface area (Å²) in [7, 11) is -3.85. The molecule has 4 nitrogen and oxygen atoms in total. The highest BCUT2D eigenvalue weighted by atomic mass is 31.2. The molecule has 0 radical (unpaired) electrons. The molecule has 1 unspecified atom stereocenters. The van der Waals surface area contributed by atoms with E-state index in [1.807, 2.05) is 0 Å². The van der Waals surface area contributed by atoms with Crippen LogP contribution in [0.2, 0.25) is 0 Å². The van der Waals surface area contributed by atoms with Gasteiger partial charge in [0.05, 0.1) is 13.2 Å². The lowest BCUT2D eigenvalue weighted by Crippen LogP contribution is -1.99. The van der Waals surface area contributed by atoms with E-state index in [-0.39, 0.29) is 0 Å². The van der Waals surface area contributed by atoms with Crippen LogP contribution in [0.4, 0.5) is 0 Å². The first-order chi connectivity index (χ1) is 15.6. The summed E-state index contributed by atoms with van der Waals surface area (Å²) < 4.78 is 22.1. The maximum absolute atomic E-state index is 11.9. The molecule has 0 heterocycles. The molecule has 32 heavy (non-hydrogen) atoms. The maximum atomic E-state index is 11.9. The summed E-state index contributed by atoms with van der Waals surface area (Å²) >= 11 is 0. The number of hydrogen-bond donors (Lipinski definition) is 1. The summed E-state index contributed by atoms with van der Waals surface area (Å²) in [5.74, 6) is 0. The molecule has 0 aliphatic carbocycles. The van der Waals surface area contributed by atoms with Crippen LogP contribution in [0, 0.1) is 0 Å². The highest BCUT2D eigenvalue weighted by Gasteiger charge is 2.19. The second kappa shape index (κ2) is 25.7. The smallest absolute Gasteiger partial charge is 0.302 e. The van der Waals surface area contributed by atoms with Crippen LogP contribution in [0.15, 0.2) is 0 Å². The SMILES string of the molecule is CCCCCCCCCCCCCCOP(=O)(O)OCCCCCCCCCCCCC. The number of unbranched alkanes of at least 4 members (excludes halogenated alkanes) is 21. The molecular weight excluding hydrogens is 419 g/mol. The van der Waals surface area contributed by atoms with E-state index in [1.165, 1.54) is 122 Å². The molecule has 0 spiro atoms. The van der Waals surface area contributed by atoms with Gasteiger partial charge in [-0.3, -0.25) is 9.05 Å². The van der Waals surface area contributed by atoms with Gasteiger partial charge in [-0.1, -0.05) is 149 Å². The van der Waals surface area contributed by atoms with Crippen LogP contribution in [-0.2, 0) is 13.6 Å². The standard InChI is InChI=1S/C27H57O4P/c1-3-5-7-9-11-13-15-17-19-21-23-25-27-31-32(28,29)30-26-24-22-20-18-16-14-12-10-8-6-4-2/h3-27H2,1-2H3,(H,28,29). The van der Waals surface area contributed by atoms with Gasteiger partial charge in [-0.15, -0.1) is 0 Å². The molecule has 0 fully saturated rings. The first kappa shape index (κ1) is 32.1. The summed E-state index contributed by atoms with van der Waals surface area (Å²) in [6, 6.07) is 0. The topological polar surface area (TPSA) is 55.8 Å². The van der Waals surface area contributed by atoms with Gasteiger partial charge in [-0.05, 0) is 12.8 Å². The van der Waals surface area contributed by atoms with Gasteiger partial charge in [0.2, 0.25) is 0 Å². The van der Waals surface area contributed by atoms with Gasteiger partial charge in [-0.25, -0.2) is 4.57 Å². The van der Waals surface area contributed by atoms with E-state index >= 15 is 0 Å². The predicted molar refractivity (Wildman–Crippen MR) is 139 cm³/mol. The van der Waals surface area contributed by atoms with Crippen LogP contribution in [0.5, 0.6) is 0 Å². The van der Waals surface area contributed by atoms with E-state index in [9.17, 15) is 9.46 Å². The van der Waals surface area contributed by atoms with Crippen LogP contribution in [-0.4, -0.2) is 18.1 Å². The molecule has 0 bridgehead atoms. The monoisotopic (exact) mass is 476 g/mol. The maximum Gasteiger partial charge on any atom is 0.472 e. The van der Waals surface area contributed by atoms with Crippen LogP contribution in [0.1, 0.15) is 162 Å². The Labute approximate surface area is 201 Å². The minimum absolute atomic E-state index is 0.323. The Morgan fingerprint density at radius 2 is 0.656 bits per heavy atom. The Hall–Kier alpha value is 0.110. The Balaban J connectivity index is 3.30. The third-order valence-corrected chi connectivity index (χ3v) is 7.27. The Bertz CT molecular complexity index is 403. The average molecular weight is 477 g/mol. The second-order valence-corrected chi connectivity index (χ2v) is 11.0. The van der Waals surface area contributed by atoms with Crippen molar-refractivity contribution in [2.45, 2.75) is 162 Å². The van der Waals surface area contributed by atoms with Gasteiger partial charge in [0.25, 0.3) is 0 Å². The average Bonchev–Trinajstić information content (AvgIpc) is 2.77. The predicted octanol–water partition coefficient (Wildman–Crippen LogP) is 10.1. The largest absolute Gasteiger partial charge is 0.472 e. The fourth-order valence-electron chi connectivity index (χ4n) is 4.11. The van der Waals surface area contributed by atoms with Crippen molar-refractivity contribution >= 4 is 7.82 Å². The van der Waals surface area contributed by atoms with Crippen molar-refractivity contribution < 1.29 is 18.5 Å². The van der Waals surface area contributed by atoms with E-state index in [2.05, 4.69) is 13.8 Å². The molecule has 0 aromatic carbocycles. The lowest BCUT2D eigenvalue weighted by Gasteiger charge is -2.12. The molecule has 0 aromatic rings. The van der Waals surface area contributed by atoms with Gasteiger partial charge < -0.3 is 4.89 Å². The van der Waals surface area contributed by atoms with Crippen LogP contribution < -0.4 is 0 Å². The molecule has 5 heteroatoms. The lowest BCUT2D eigenvalue weighted by molar-refractivity contribution is 0.145. The third-order valence-electron chi connectivity index (χ3n) is 6.25. The number of phosphoric acid groups is 1. The van der Waals surface area contributed by atoms with Gasteiger partial charge in [0, 0.05) is 0 Å². The first-order valence-corrected chi connectivity index (χ1v) is 15.7. The fraction of sp³-hybridized carbons (Fsp3) is 1.00. The minimum Gasteiger partial charge on any atom is -0.302 e. The third kappa shape index (κ3) is 26.4. The number of phosphoric ester groups is 1. The van der Waals surface area contributed by atoms with Crippen molar-refractivity contribution in [3.05, 3.63) is 0 Å². The molecule has 194 valence electrons. The summed E-state index contributed by atoms with van der Waals surface area (Å²) in [6.45, 7) is 5.16. The number of rotatable bonds is 27. The van der Waals surface area contributed by atoms with Gasteiger partial charge in [0.1, 0.15) is 0 Å². The first-order valence-electron chi connectivity index (χ1n) is 14.2. The molecule has 0 saturated carbocycles. The molecule has 0 saturated heterocycles. The van der Waals surface area contributed by atoms with Crippen molar-refractivity contribution in [3.63, 3.8) is 0 Å². The Kier molecular flexibility index (Phi) is 25.8. The van der Waals surface area contributed by atoms with E-state index < -0.39 is 7.82 Å². The highest BCUT2D eigenvalue weighted by Crippen LogP contribution is 2.43. The van der Waals surface area contributed by atoms with Crippen LogP contribution in [0.25, 0.3) is 0 Å².